The van der Waals surface area contributed by atoms with Crippen molar-refractivity contribution in [3.8, 4) is 6.07 Å². The van der Waals surface area contributed by atoms with Gasteiger partial charge in [0.1, 0.15) is 25.1 Å². The number of aromatic nitrogens is 2. The van der Waals surface area contributed by atoms with E-state index in [0.717, 1.165) is 11.3 Å². The molecule has 0 aliphatic heterocycles. The van der Waals surface area contributed by atoms with Crippen molar-refractivity contribution in [3.63, 3.8) is 0 Å². The maximum Gasteiger partial charge on any atom is 0.144 e. The second kappa shape index (κ2) is 6.86. The third kappa shape index (κ3) is 3.67. The highest BCUT2D eigenvalue weighted by molar-refractivity contribution is 5.92. The van der Waals surface area contributed by atoms with Gasteiger partial charge in [-0.3, -0.25) is 0 Å². The van der Waals surface area contributed by atoms with Crippen LogP contribution in [0.1, 0.15) is 11.1 Å². The minimum atomic E-state index is 0.300. The highest BCUT2D eigenvalue weighted by Gasteiger charge is 2.07. The molecule has 0 amide bonds. The van der Waals surface area contributed by atoms with Gasteiger partial charge in [-0.2, -0.15) is 5.26 Å². The number of nitriles is 1. The minimum Gasteiger partial charge on any atom is -0.399 e. The molecule has 0 saturated heterocycles. The molecule has 21 heavy (non-hydrogen) atoms. The van der Waals surface area contributed by atoms with Crippen LogP contribution in [0.5, 0.6) is 0 Å². The minimum absolute atomic E-state index is 0.300. The Morgan fingerprint density at radius 2 is 2.14 bits per heavy atom. The number of hydrogen-bond donors (Lipinski definition) is 2. The number of nitrogens with one attached hydrogen (secondary N) is 1. The van der Waals surface area contributed by atoms with E-state index in [1.54, 1.807) is 0 Å². The van der Waals surface area contributed by atoms with Crippen LogP contribution in [0.2, 0.25) is 0 Å². The molecule has 0 aliphatic rings. The second-order valence-electron chi connectivity index (χ2n) is 4.10. The van der Waals surface area contributed by atoms with Gasteiger partial charge in [0.25, 0.3) is 0 Å². The summed E-state index contributed by atoms with van der Waals surface area (Å²) in [6.07, 6.45) is 3.19. The molecule has 0 radical (unpaired) electrons. The number of oxime groups is 1. The van der Waals surface area contributed by atoms with Crippen molar-refractivity contribution in [2.45, 2.75) is 6.42 Å². The highest BCUT2D eigenvalue weighted by Crippen LogP contribution is 2.20. The number of hydrogen-bond acceptors (Lipinski definition) is 7. The Bertz CT molecular complexity index is 675. The van der Waals surface area contributed by atoms with Crippen LogP contribution in [0.25, 0.3) is 0 Å². The summed E-state index contributed by atoms with van der Waals surface area (Å²) in [5, 5.41) is 15.5. The summed E-state index contributed by atoms with van der Waals surface area (Å²) in [6, 6.07) is 9.58. The van der Waals surface area contributed by atoms with Crippen LogP contribution in [-0.4, -0.2) is 23.3 Å². The van der Waals surface area contributed by atoms with Crippen LogP contribution in [0.3, 0.4) is 0 Å². The summed E-state index contributed by atoms with van der Waals surface area (Å²) in [6.45, 7) is 0. The fraction of sp³-hybridized carbons (Fsp3) is 0.143. The zero-order valence-corrected chi connectivity index (χ0v) is 11.4. The van der Waals surface area contributed by atoms with E-state index < -0.39 is 0 Å². The van der Waals surface area contributed by atoms with E-state index in [4.69, 9.17) is 11.0 Å². The van der Waals surface area contributed by atoms with Crippen LogP contribution in [0, 0.1) is 11.3 Å². The quantitative estimate of drug-likeness (QED) is 0.639. The normalized spacial score (nSPS) is 10.3. The van der Waals surface area contributed by atoms with Crippen LogP contribution in [0.15, 0.2) is 35.7 Å². The van der Waals surface area contributed by atoms with Crippen molar-refractivity contribution < 1.29 is 4.84 Å². The Labute approximate surface area is 122 Å². The standard InChI is InChI=1S/C14H14N6O/c1-21-19-8-12-13(16)17-9-18-14(12)20-11-4-2-10(3-5-11)6-7-15/h2-5,8-9H,6H2,1H3,(H3,16,17,18,20)/b19-8+. The SMILES string of the molecule is CO/N=C/c1c(N)ncnc1Nc1ccc(CC#N)cc1. The smallest absolute Gasteiger partial charge is 0.144 e. The molecule has 1 heterocycles. The van der Waals surface area contributed by atoms with Crippen molar-refractivity contribution >= 4 is 23.5 Å². The highest BCUT2D eigenvalue weighted by atomic mass is 16.6. The lowest BCUT2D eigenvalue weighted by molar-refractivity contribution is 0.215. The van der Waals surface area contributed by atoms with Gasteiger partial charge in [-0.05, 0) is 17.7 Å². The van der Waals surface area contributed by atoms with Gasteiger partial charge in [-0.1, -0.05) is 17.3 Å². The molecule has 1 aromatic heterocycles. The summed E-state index contributed by atoms with van der Waals surface area (Å²) >= 11 is 0. The molecule has 0 fully saturated rings. The lowest BCUT2D eigenvalue weighted by Crippen LogP contribution is -2.05. The van der Waals surface area contributed by atoms with E-state index in [2.05, 4.69) is 31.3 Å². The zero-order valence-electron chi connectivity index (χ0n) is 11.4. The molecule has 0 bridgehead atoms. The molecule has 7 heteroatoms. The Morgan fingerprint density at radius 3 is 2.81 bits per heavy atom. The monoisotopic (exact) mass is 282 g/mol. The first kappa shape index (κ1) is 14.3. The summed E-state index contributed by atoms with van der Waals surface area (Å²) in [5.41, 5.74) is 8.12. The second-order valence-corrected chi connectivity index (χ2v) is 4.10. The van der Waals surface area contributed by atoms with Gasteiger partial charge in [-0.25, -0.2) is 9.97 Å². The van der Waals surface area contributed by atoms with Gasteiger partial charge < -0.3 is 15.9 Å². The summed E-state index contributed by atoms with van der Waals surface area (Å²) < 4.78 is 0. The van der Waals surface area contributed by atoms with Crippen LogP contribution < -0.4 is 11.1 Å². The maximum atomic E-state index is 8.65. The fourth-order valence-electron chi connectivity index (χ4n) is 1.68. The Hall–Kier alpha value is -3.14. The van der Waals surface area contributed by atoms with Crippen molar-refractivity contribution in [3.05, 3.63) is 41.7 Å². The molecule has 0 spiro atoms. The molecule has 0 aliphatic carbocycles. The van der Waals surface area contributed by atoms with Crippen molar-refractivity contribution in [2.24, 2.45) is 5.16 Å². The lowest BCUT2D eigenvalue weighted by Gasteiger charge is -2.09. The zero-order chi connectivity index (χ0) is 15.1. The lowest BCUT2D eigenvalue weighted by atomic mass is 10.1. The number of nitrogens with two attached hydrogens (primary N) is 1. The molecule has 3 N–H and O–H groups in total. The van der Waals surface area contributed by atoms with Gasteiger partial charge in [0.05, 0.1) is 24.3 Å². The van der Waals surface area contributed by atoms with Gasteiger partial charge in [0.15, 0.2) is 0 Å². The first-order chi connectivity index (χ1) is 10.2. The number of anilines is 3. The number of benzene rings is 1. The first-order valence-corrected chi connectivity index (χ1v) is 6.14. The van der Waals surface area contributed by atoms with Gasteiger partial charge >= 0.3 is 0 Å². The summed E-state index contributed by atoms with van der Waals surface area (Å²) in [5.74, 6) is 0.825. The average molecular weight is 282 g/mol. The molecule has 0 unspecified atom stereocenters. The van der Waals surface area contributed by atoms with Crippen LogP contribution in [0.4, 0.5) is 17.3 Å². The third-order valence-corrected chi connectivity index (χ3v) is 2.70. The van der Waals surface area contributed by atoms with Crippen molar-refractivity contribution in [1.82, 2.24) is 9.97 Å². The molecule has 106 valence electrons. The summed E-state index contributed by atoms with van der Waals surface area (Å²) in [4.78, 5) is 12.7. The predicted molar refractivity (Wildman–Crippen MR) is 80.1 cm³/mol. The van der Waals surface area contributed by atoms with Gasteiger partial charge in [-0.15, -0.1) is 0 Å². The first-order valence-electron chi connectivity index (χ1n) is 6.14. The van der Waals surface area contributed by atoms with E-state index in [0.29, 0.717) is 23.6 Å². The molecule has 7 nitrogen and oxygen atoms in total. The average Bonchev–Trinajstić information content (AvgIpc) is 2.49. The maximum absolute atomic E-state index is 8.65. The predicted octanol–water partition coefficient (Wildman–Crippen LogP) is 1.85. The van der Waals surface area contributed by atoms with E-state index >= 15 is 0 Å². The Morgan fingerprint density at radius 1 is 1.38 bits per heavy atom. The van der Waals surface area contributed by atoms with Gasteiger partial charge in [0.2, 0.25) is 0 Å². The molecular formula is C14H14N6O. The molecule has 0 atom stereocenters. The van der Waals surface area contributed by atoms with Crippen molar-refractivity contribution in [2.75, 3.05) is 18.2 Å². The largest absolute Gasteiger partial charge is 0.399 e. The van der Waals surface area contributed by atoms with Crippen LogP contribution >= 0.6 is 0 Å². The van der Waals surface area contributed by atoms with E-state index in [-0.39, 0.29) is 0 Å². The molecular weight excluding hydrogens is 268 g/mol. The third-order valence-electron chi connectivity index (χ3n) is 2.70. The van der Waals surface area contributed by atoms with E-state index in [1.165, 1.54) is 19.7 Å². The van der Waals surface area contributed by atoms with Crippen molar-refractivity contribution in [1.29, 1.82) is 5.26 Å². The van der Waals surface area contributed by atoms with E-state index in [9.17, 15) is 0 Å². The number of nitrogen functional groups attached to an aromatic ring is 1. The topological polar surface area (TPSA) is 109 Å². The van der Waals surface area contributed by atoms with Gasteiger partial charge in [0, 0.05) is 5.69 Å². The fourth-order valence-corrected chi connectivity index (χ4v) is 1.68. The molecule has 2 rings (SSSR count). The number of rotatable bonds is 5. The Balaban J connectivity index is 2.25. The molecule has 0 saturated carbocycles. The molecule has 1 aromatic carbocycles. The van der Waals surface area contributed by atoms with E-state index in [1.807, 2.05) is 24.3 Å². The Kier molecular flexibility index (Phi) is 4.66. The molecule has 2 aromatic rings. The number of nitrogens with zero attached hydrogens (tertiary/aromatic N) is 4. The van der Waals surface area contributed by atoms with Crippen LogP contribution in [-0.2, 0) is 11.3 Å². The summed E-state index contributed by atoms with van der Waals surface area (Å²) in [7, 11) is 1.44.